The van der Waals surface area contributed by atoms with E-state index in [1.807, 2.05) is 18.2 Å². The maximum absolute atomic E-state index is 14.2. The Morgan fingerprint density at radius 2 is 1.81 bits per heavy atom. The van der Waals surface area contributed by atoms with Crippen LogP contribution in [0.3, 0.4) is 0 Å². The van der Waals surface area contributed by atoms with Crippen LogP contribution in [-0.2, 0) is 6.42 Å². The standard InChI is InChI=1S/C14H20FN/c15-14(9-11-16-12-10-14)8-4-7-13-5-2-1-3-6-13/h1-3,5-6,16H,4,7-12H2. The minimum absolute atomic E-state index is 0.682. The van der Waals surface area contributed by atoms with Gasteiger partial charge in [-0.15, -0.1) is 0 Å². The minimum Gasteiger partial charge on any atom is -0.316 e. The van der Waals surface area contributed by atoms with Crippen molar-refractivity contribution in [3.05, 3.63) is 35.9 Å². The molecule has 0 aliphatic carbocycles. The Morgan fingerprint density at radius 1 is 1.12 bits per heavy atom. The molecule has 0 amide bonds. The van der Waals surface area contributed by atoms with Crippen LogP contribution in [0.5, 0.6) is 0 Å². The summed E-state index contributed by atoms with van der Waals surface area (Å²) < 4.78 is 14.2. The Bertz CT molecular complexity index is 304. The fraction of sp³-hybridized carbons (Fsp3) is 0.571. The number of alkyl halides is 1. The molecule has 2 rings (SSSR count). The summed E-state index contributed by atoms with van der Waals surface area (Å²) in [5.74, 6) is 0. The predicted molar refractivity (Wildman–Crippen MR) is 65.3 cm³/mol. The van der Waals surface area contributed by atoms with Crippen molar-refractivity contribution in [3.63, 3.8) is 0 Å². The average molecular weight is 221 g/mol. The zero-order chi connectivity index (χ0) is 11.3. The first-order valence-electron chi connectivity index (χ1n) is 6.22. The van der Waals surface area contributed by atoms with Crippen molar-refractivity contribution in [1.82, 2.24) is 5.32 Å². The van der Waals surface area contributed by atoms with Gasteiger partial charge in [0.05, 0.1) is 0 Å². The molecule has 0 unspecified atom stereocenters. The third-order valence-corrected chi connectivity index (χ3v) is 3.43. The molecule has 0 spiro atoms. The van der Waals surface area contributed by atoms with Crippen molar-refractivity contribution < 1.29 is 4.39 Å². The van der Waals surface area contributed by atoms with Crippen LogP contribution in [0.2, 0.25) is 0 Å². The summed E-state index contributed by atoms with van der Waals surface area (Å²) in [4.78, 5) is 0. The molecule has 0 atom stereocenters. The predicted octanol–water partition coefficient (Wildman–Crippen LogP) is 3.10. The molecule has 0 aromatic heterocycles. The van der Waals surface area contributed by atoms with Crippen molar-refractivity contribution in [2.75, 3.05) is 13.1 Å². The lowest BCUT2D eigenvalue weighted by atomic mass is 9.88. The van der Waals surface area contributed by atoms with Crippen LogP contribution in [0.1, 0.15) is 31.2 Å². The third kappa shape index (κ3) is 3.31. The van der Waals surface area contributed by atoms with Gasteiger partial charge in [0.2, 0.25) is 0 Å². The van der Waals surface area contributed by atoms with Crippen LogP contribution in [0.25, 0.3) is 0 Å². The second-order valence-corrected chi connectivity index (χ2v) is 4.74. The van der Waals surface area contributed by atoms with E-state index in [0.29, 0.717) is 19.3 Å². The highest BCUT2D eigenvalue weighted by Crippen LogP contribution is 2.29. The van der Waals surface area contributed by atoms with Gasteiger partial charge >= 0.3 is 0 Å². The molecule has 0 saturated carbocycles. The molecule has 2 heteroatoms. The van der Waals surface area contributed by atoms with Gasteiger partial charge in [-0.2, -0.15) is 0 Å². The zero-order valence-corrected chi connectivity index (χ0v) is 9.71. The first-order valence-corrected chi connectivity index (χ1v) is 6.22. The normalized spacial score (nSPS) is 19.6. The van der Waals surface area contributed by atoms with Gasteiger partial charge in [0.25, 0.3) is 0 Å². The van der Waals surface area contributed by atoms with E-state index in [1.54, 1.807) is 0 Å². The summed E-state index contributed by atoms with van der Waals surface area (Å²) in [6, 6.07) is 10.4. The molecule has 1 aliphatic rings. The second-order valence-electron chi connectivity index (χ2n) is 4.74. The number of aryl methyl sites for hydroxylation is 1. The molecule has 1 N–H and O–H groups in total. The van der Waals surface area contributed by atoms with Crippen LogP contribution in [0.15, 0.2) is 30.3 Å². The molecule has 1 saturated heterocycles. The van der Waals surface area contributed by atoms with Crippen molar-refractivity contribution in [2.45, 2.75) is 37.8 Å². The lowest BCUT2D eigenvalue weighted by molar-refractivity contribution is 0.102. The number of benzene rings is 1. The number of hydrogen-bond acceptors (Lipinski definition) is 1. The molecule has 0 radical (unpaired) electrons. The van der Waals surface area contributed by atoms with Crippen LogP contribution >= 0.6 is 0 Å². The van der Waals surface area contributed by atoms with E-state index in [1.165, 1.54) is 5.56 Å². The summed E-state index contributed by atoms with van der Waals surface area (Å²) in [5.41, 5.74) is 0.417. The zero-order valence-electron chi connectivity index (χ0n) is 9.71. The summed E-state index contributed by atoms with van der Waals surface area (Å²) >= 11 is 0. The summed E-state index contributed by atoms with van der Waals surface area (Å²) in [5, 5.41) is 3.21. The van der Waals surface area contributed by atoms with Gasteiger partial charge in [-0.25, -0.2) is 4.39 Å². The molecule has 1 fully saturated rings. The summed E-state index contributed by atoms with van der Waals surface area (Å²) in [7, 11) is 0. The third-order valence-electron chi connectivity index (χ3n) is 3.43. The molecular weight excluding hydrogens is 201 g/mol. The Balaban J connectivity index is 1.75. The first kappa shape index (κ1) is 11.6. The van der Waals surface area contributed by atoms with E-state index in [4.69, 9.17) is 0 Å². The fourth-order valence-electron chi connectivity index (χ4n) is 2.38. The summed E-state index contributed by atoms with van der Waals surface area (Å²) in [6.07, 6.45) is 4.04. The van der Waals surface area contributed by atoms with Crippen molar-refractivity contribution in [2.24, 2.45) is 0 Å². The monoisotopic (exact) mass is 221 g/mol. The van der Waals surface area contributed by atoms with Crippen molar-refractivity contribution >= 4 is 0 Å². The van der Waals surface area contributed by atoms with E-state index < -0.39 is 5.67 Å². The Kier molecular flexibility index (Phi) is 3.94. The molecule has 88 valence electrons. The van der Waals surface area contributed by atoms with Gasteiger partial charge in [0, 0.05) is 0 Å². The lowest BCUT2D eigenvalue weighted by Crippen LogP contribution is -2.38. The molecular formula is C14H20FN. The highest BCUT2D eigenvalue weighted by atomic mass is 19.1. The van der Waals surface area contributed by atoms with Crippen LogP contribution in [0.4, 0.5) is 4.39 Å². The number of piperidine rings is 1. The van der Waals surface area contributed by atoms with Gasteiger partial charge in [-0.3, -0.25) is 0 Å². The van der Waals surface area contributed by atoms with E-state index in [2.05, 4.69) is 17.4 Å². The van der Waals surface area contributed by atoms with Gasteiger partial charge < -0.3 is 5.32 Å². The molecule has 1 aromatic carbocycles. The Morgan fingerprint density at radius 3 is 2.50 bits per heavy atom. The SMILES string of the molecule is FC1(CCCc2ccccc2)CCNCC1. The molecule has 16 heavy (non-hydrogen) atoms. The van der Waals surface area contributed by atoms with E-state index in [-0.39, 0.29) is 0 Å². The highest BCUT2D eigenvalue weighted by molar-refractivity contribution is 5.14. The molecule has 0 bridgehead atoms. The van der Waals surface area contributed by atoms with Crippen LogP contribution in [-0.4, -0.2) is 18.8 Å². The highest BCUT2D eigenvalue weighted by Gasteiger charge is 2.30. The number of halogens is 1. The average Bonchev–Trinajstić information content (AvgIpc) is 2.31. The lowest BCUT2D eigenvalue weighted by Gasteiger charge is -2.30. The quantitative estimate of drug-likeness (QED) is 0.823. The first-order chi connectivity index (χ1) is 7.79. The summed E-state index contributed by atoms with van der Waals surface area (Å²) in [6.45, 7) is 1.67. The number of rotatable bonds is 4. The van der Waals surface area contributed by atoms with Crippen LogP contribution in [0, 0.1) is 0 Å². The van der Waals surface area contributed by atoms with Gasteiger partial charge in [0.1, 0.15) is 5.67 Å². The number of nitrogens with one attached hydrogen (secondary N) is 1. The van der Waals surface area contributed by atoms with Crippen molar-refractivity contribution in [3.8, 4) is 0 Å². The topological polar surface area (TPSA) is 12.0 Å². The molecule has 1 aliphatic heterocycles. The maximum Gasteiger partial charge on any atom is 0.113 e. The van der Waals surface area contributed by atoms with Crippen LogP contribution < -0.4 is 5.32 Å². The van der Waals surface area contributed by atoms with Gasteiger partial charge in [-0.1, -0.05) is 30.3 Å². The Labute approximate surface area is 97.1 Å². The Hall–Kier alpha value is -0.890. The van der Waals surface area contributed by atoms with Gasteiger partial charge in [-0.05, 0) is 50.8 Å². The minimum atomic E-state index is -0.903. The molecule has 1 nitrogen and oxygen atoms in total. The fourth-order valence-corrected chi connectivity index (χ4v) is 2.38. The van der Waals surface area contributed by atoms with E-state index >= 15 is 0 Å². The largest absolute Gasteiger partial charge is 0.316 e. The smallest absolute Gasteiger partial charge is 0.113 e. The molecule has 1 heterocycles. The second kappa shape index (κ2) is 5.44. The van der Waals surface area contributed by atoms with Gasteiger partial charge in [0.15, 0.2) is 0 Å². The van der Waals surface area contributed by atoms with E-state index in [9.17, 15) is 4.39 Å². The van der Waals surface area contributed by atoms with E-state index in [0.717, 1.165) is 25.9 Å². The molecule has 1 aromatic rings. The number of hydrogen-bond donors (Lipinski definition) is 1. The van der Waals surface area contributed by atoms with Crippen molar-refractivity contribution in [1.29, 1.82) is 0 Å². The maximum atomic E-state index is 14.2.